The van der Waals surface area contributed by atoms with Gasteiger partial charge in [-0.1, -0.05) is 11.3 Å². The van der Waals surface area contributed by atoms with Gasteiger partial charge in [-0.25, -0.2) is 13.8 Å². The number of rotatable bonds is 5. The van der Waals surface area contributed by atoms with Crippen LogP contribution in [0, 0.1) is 23.0 Å². The lowest BCUT2D eigenvalue weighted by atomic mass is 9.93. The van der Waals surface area contributed by atoms with Gasteiger partial charge in [-0.2, -0.15) is 5.26 Å². The molecule has 174 valence electrons. The molecule has 1 N–H and O–H groups in total. The smallest absolute Gasteiger partial charge is 0.257 e. The molecule has 3 aromatic carbocycles. The lowest BCUT2D eigenvalue weighted by molar-refractivity contribution is -0.109. The molecule has 10 heteroatoms. The largest absolute Gasteiger partial charge is 0.493 e. The van der Waals surface area contributed by atoms with Gasteiger partial charge in [0.2, 0.25) is 0 Å². The summed E-state index contributed by atoms with van der Waals surface area (Å²) in [6.07, 6.45) is 1.39. The lowest BCUT2D eigenvalue weighted by Gasteiger charge is -2.23. The molecule has 0 fully saturated rings. The Morgan fingerprint density at radius 3 is 2.77 bits per heavy atom. The number of nitrogens with zero attached hydrogens (tertiary/aromatic N) is 2. The number of amides is 1. The average molecular weight is 491 g/mol. The van der Waals surface area contributed by atoms with Crippen molar-refractivity contribution in [3.05, 3.63) is 76.9 Å². The van der Waals surface area contributed by atoms with Crippen molar-refractivity contribution in [2.45, 2.75) is 12.3 Å². The van der Waals surface area contributed by atoms with Crippen LogP contribution in [0.2, 0.25) is 0 Å². The van der Waals surface area contributed by atoms with Crippen molar-refractivity contribution < 1.29 is 27.8 Å². The normalized spacial score (nSPS) is 14.5. The standard InChI is InChI=1S/C25H15F2N3O4S/c26-16-8-19(27)23-22(9-16)35-25(29-23)30-24(32)13-1-3-17(4-2-13)34-20-10-21-18(7-15(20)11-28)14(12-31)5-6-33-21/h1-4,7-10,12,14H,5-6H2,(H,29,30,32). The van der Waals surface area contributed by atoms with Crippen molar-refractivity contribution >= 4 is 38.9 Å². The Balaban J connectivity index is 1.33. The molecule has 35 heavy (non-hydrogen) atoms. The Morgan fingerprint density at radius 1 is 1.23 bits per heavy atom. The summed E-state index contributed by atoms with van der Waals surface area (Å²) in [5.74, 6) is -1.22. The molecule has 0 spiro atoms. The van der Waals surface area contributed by atoms with E-state index in [0.717, 1.165) is 29.8 Å². The summed E-state index contributed by atoms with van der Waals surface area (Å²) >= 11 is 0.958. The van der Waals surface area contributed by atoms with Crippen LogP contribution in [0.1, 0.15) is 33.8 Å². The second-order valence-corrected chi connectivity index (χ2v) is 8.74. The lowest BCUT2D eigenvalue weighted by Crippen LogP contribution is -2.15. The zero-order valence-electron chi connectivity index (χ0n) is 17.9. The monoisotopic (exact) mass is 491 g/mol. The summed E-state index contributed by atoms with van der Waals surface area (Å²) in [6.45, 7) is 0.391. The molecule has 0 saturated carbocycles. The fraction of sp³-hybridized carbons (Fsp3) is 0.120. The topological polar surface area (TPSA) is 101 Å². The van der Waals surface area contributed by atoms with E-state index in [4.69, 9.17) is 9.47 Å². The minimum absolute atomic E-state index is 0.0164. The van der Waals surface area contributed by atoms with Crippen molar-refractivity contribution in [2.75, 3.05) is 11.9 Å². The van der Waals surface area contributed by atoms with Crippen molar-refractivity contribution in [1.82, 2.24) is 4.98 Å². The second-order valence-electron chi connectivity index (χ2n) is 7.71. The molecule has 2 heterocycles. The molecular weight excluding hydrogens is 476 g/mol. The molecule has 1 atom stereocenters. The van der Waals surface area contributed by atoms with E-state index in [9.17, 15) is 23.6 Å². The number of benzene rings is 3. The van der Waals surface area contributed by atoms with Crippen molar-refractivity contribution in [2.24, 2.45) is 0 Å². The van der Waals surface area contributed by atoms with Crippen molar-refractivity contribution in [3.8, 4) is 23.3 Å². The quantitative estimate of drug-likeness (QED) is 0.367. The summed E-state index contributed by atoms with van der Waals surface area (Å²) in [7, 11) is 0. The van der Waals surface area contributed by atoms with E-state index in [-0.39, 0.29) is 38.1 Å². The minimum Gasteiger partial charge on any atom is -0.493 e. The van der Waals surface area contributed by atoms with Gasteiger partial charge in [0.1, 0.15) is 40.9 Å². The minimum atomic E-state index is -0.802. The number of nitrogens with one attached hydrogen (secondary N) is 1. The van der Waals surface area contributed by atoms with Gasteiger partial charge in [-0.15, -0.1) is 0 Å². The second kappa shape index (κ2) is 9.12. The van der Waals surface area contributed by atoms with E-state index in [1.165, 1.54) is 12.1 Å². The molecule has 7 nitrogen and oxygen atoms in total. The highest BCUT2D eigenvalue weighted by Gasteiger charge is 2.24. The van der Waals surface area contributed by atoms with Crippen LogP contribution in [0.5, 0.6) is 17.2 Å². The number of aromatic nitrogens is 1. The third kappa shape index (κ3) is 4.41. The van der Waals surface area contributed by atoms with Gasteiger partial charge in [0.05, 0.1) is 16.9 Å². The first-order chi connectivity index (χ1) is 16.9. The zero-order chi connectivity index (χ0) is 24.5. The number of aldehydes is 1. The number of nitriles is 1. The first-order valence-corrected chi connectivity index (χ1v) is 11.3. The summed E-state index contributed by atoms with van der Waals surface area (Å²) in [6, 6.07) is 13.3. The van der Waals surface area contributed by atoms with Crippen LogP contribution in [-0.4, -0.2) is 23.8 Å². The average Bonchev–Trinajstić information content (AvgIpc) is 3.26. The Morgan fingerprint density at radius 2 is 2.03 bits per heavy atom. The maximum atomic E-state index is 13.9. The van der Waals surface area contributed by atoms with E-state index in [1.54, 1.807) is 24.3 Å². The molecule has 0 saturated heterocycles. The fourth-order valence-electron chi connectivity index (χ4n) is 3.74. The number of carbonyl (C=O) groups excluding carboxylic acids is 2. The first-order valence-electron chi connectivity index (χ1n) is 10.5. The molecule has 1 aromatic heterocycles. The summed E-state index contributed by atoms with van der Waals surface area (Å²) in [5, 5.41) is 12.2. The number of ether oxygens (including phenoxy) is 2. The number of hydrogen-bond acceptors (Lipinski definition) is 7. The molecule has 1 aliphatic rings. The van der Waals surface area contributed by atoms with Crippen LogP contribution in [0.3, 0.4) is 0 Å². The summed E-state index contributed by atoms with van der Waals surface area (Å²) in [4.78, 5) is 27.9. The highest BCUT2D eigenvalue weighted by atomic mass is 32.1. The fourth-order valence-corrected chi connectivity index (χ4v) is 4.64. The van der Waals surface area contributed by atoms with Gasteiger partial charge < -0.3 is 14.3 Å². The number of anilines is 1. The Bertz CT molecular complexity index is 1510. The van der Waals surface area contributed by atoms with Crippen LogP contribution in [0.25, 0.3) is 10.2 Å². The number of fused-ring (bicyclic) bond motifs is 2. The molecule has 0 aliphatic carbocycles. The molecule has 0 radical (unpaired) electrons. The molecule has 4 aromatic rings. The zero-order valence-corrected chi connectivity index (χ0v) is 18.7. The first kappa shape index (κ1) is 22.4. The maximum Gasteiger partial charge on any atom is 0.257 e. The number of hydrogen-bond donors (Lipinski definition) is 1. The number of thiazole rings is 1. The van der Waals surface area contributed by atoms with Crippen molar-refractivity contribution in [1.29, 1.82) is 5.26 Å². The highest BCUT2D eigenvalue weighted by molar-refractivity contribution is 7.22. The van der Waals surface area contributed by atoms with Crippen molar-refractivity contribution in [3.63, 3.8) is 0 Å². The van der Waals surface area contributed by atoms with Crippen LogP contribution < -0.4 is 14.8 Å². The van der Waals surface area contributed by atoms with Gasteiger partial charge >= 0.3 is 0 Å². The Hall–Kier alpha value is -4.36. The SMILES string of the molecule is N#Cc1cc2c(cc1Oc1ccc(C(=O)Nc3nc4c(F)cc(F)cc4s3)cc1)OCCC2C=O. The number of carbonyl (C=O) groups is 2. The molecule has 1 amide bonds. The van der Waals surface area contributed by atoms with E-state index in [2.05, 4.69) is 16.4 Å². The van der Waals surface area contributed by atoms with Crippen LogP contribution in [0.4, 0.5) is 13.9 Å². The predicted octanol–water partition coefficient (Wildman–Crippen LogP) is 5.56. The Labute approximate surface area is 201 Å². The van der Waals surface area contributed by atoms with E-state index in [1.807, 2.05) is 0 Å². The molecule has 1 unspecified atom stereocenters. The summed E-state index contributed by atoms with van der Waals surface area (Å²) < 4.78 is 39.0. The predicted molar refractivity (Wildman–Crippen MR) is 124 cm³/mol. The van der Waals surface area contributed by atoms with Gasteiger partial charge in [0, 0.05) is 29.2 Å². The molecule has 1 aliphatic heterocycles. The third-order valence-corrected chi connectivity index (χ3v) is 6.38. The van der Waals surface area contributed by atoms with Crippen LogP contribution in [-0.2, 0) is 4.79 Å². The van der Waals surface area contributed by atoms with E-state index in [0.29, 0.717) is 30.1 Å². The van der Waals surface area contributed by atoms with Crippen LogP contribution >= 0.6 is 11.3 Å². The molecule has 0 bridgehead atoms. The van der Waals surface area contributed by atoms with Gasteiger partial charge in [-0.05, 0) is 42.8 Å². The van der Waals surface area contributed by atoms with Gasteiger partial charge in [0.25, 0.3) is 5.91 Å². The third-order valence-electron chi connectivity index (χ3n) is 5.46. The molecule has 5 rings (SSSR count). The highest BCUT2D eigenvalue weighted by Crippen LogP contribution is 2.39. The van der Waals surface area contributed by atoms with Gasteiger partial charge in [0.15, 0.2) is 10.9 Å². The maximum absolute atomic E-state index is 13.9. The molecular formula is C25H15F2N3O4S. The Kier molecular flexibility index (Phi) is 5.84. The number of halogens is 2. The van der Waals surface area contributed by atoms with Gasteiger partial charge in [-0.3, -0.25) is 10.1 Å². The van der Waals surface area contributed by atoms with Crippen LogP contribution in [0.15, 0.2) is 48.5 Å². The van der Waals surface area contributed by atoms with E-state index >= 15 is 0 Å². The van der Waals surface area contributed by atoms with E-state index < -0.39 is 17.5 Å². The summed E-state index contributed by atoms with van der Waals surface area (Å²) in [5.41, 5.74) is 1.17.